The maximum Gasteiger partial charge on any atom is 0.303 e. The molecule has 0 bridgehead atoms. The summed E-state index contributed by atoms with van der Waals surface area (Å²) in [5.41, 5.74) is 1.87. The Kier molecular flexibility index (Phi) is 9.38. The van der Waals surface area contributed by atoms with E-state index in [1.165, 1.54) is 7.11 Å². The Hall–Kier alpha value is -2.78. The van der Waals surface area contributed by atoms with Crippen molar-refractivity contribution in [3.05, 3.63) is 71.8 Å². The fourth-order valence-electron chi connectivity index (χ4n) is 4.07. The molecule has 2 aromatic rings. The van der Waals surface area contributed by atoms with Crippen LogP contribution in [0.25, 0.3) is 0 Å². The molecule has 1 fully saturated rings. The summed E-state index contributed by atoms with van der Waals surface area (Å²) >= 11 is 0. The first-order valence-corrected chi connectivity index (χ1v) is 10.9. The molecule has 1 saturated heterocycles. The zero-order valence-corrected chi connectivity index (χ0v) is 18.5. The summed E-state index contributed by atoms with van der Waals surface area (Å²) in [6, 6.07) is 19.1. The van der Waals surface area contributed by atoms with Gasteiger partial charge in [-0.2, -0.15) is 0 Å². The van der Waals surface area contributed by atoms with Crippen molar-refractivity contribution >= 4 is 11.9 Å². The van der Waals surface area contributed by atoms with Gasteiger partial charge in [-0.3, -0.25) is 9.59 Å². The van der Waals surface area contributed by atoms with Gasteiger partial charge in [-0.1, -0.05) is 60.7 Å². The van der Waals surface area contributed by atoms with Gasteiger partial charge in [-0.05, 0) is 17.5 Å². The summed E-state index contributed by atoms with van der Waals surface area (Å²) in [4.78, 5) is 22.9. The van der Waals surface area contributed by atoms with Crippen molar-refractivity contribution in [1.29, 1.82) is 0 Å². The fraction of sp³-hybridized carbons (Fsp3) is 0.440. The van der Waals surface area contributed by atoms with Gasteiger partial charge in [-0.25, -0.2) is 0 Å². The molecule has 1 heterocycles. The summed E-state index contributed by atoms with van der Waals surface area (Å²) in [5.74, 6) is -2.61. The van der Waals surface area contributed by atoms with E-state index in [2.05, 4.69) is 0 Å². The lowest BCUT2D eigenvalue weighted by Crippen LogP contribution is -2.57. The molecule has 8 nitrogen and oxygen atoms in total. The molecule has 1 aliphatic heterocycles. The highest BCUT2D eigenvalue weighted by atomic mass is 16.7. The summed E-state index contributed by atoms with van der Waals surface area (Å²) in [7, 11) is 1.48. The van der Waals surface area contributed by atoms with Crippen LogP contribution in [0.4, 0.5) is 0 Å². The van der Waals surface area contributed by atoms with E-state index >= 15 is 0 Å². The summed E-state index contributed by atoms with van der Waals surface area (Å²) < 4.78 is 24.0. The Bertz CT molecular complexity index is 872. The third-order valence-corrected chi connectivity index (χ3v) is 5.66. The van der Waals surface area contributed by atoms with Gasteiger partial charge in [0.25, 0.3) is 0 Å². The van der Waals surface area contributed by atoms with Crippen molar-refractivity contribution in [2.75, 3.05) is 7.11 Å². The zero-order chi connectivity index (χ0) is 23.6. The highest BCUT2D eigenvalue weighted by molar-refractivity contribution is 5.68. The van der Waals surface area contributed by atoms with Crippen molar-refractivity contribution in [2.24, 2.45) is 5.92 Å². The molecule has 3 rings (SSSR count). The van der Waals surface area contributed by atoms with Crippen LogP contribution in [0.5, 0.6) is 0 Å². The number of carboxylic acids is 2. The smallest absolute Gasteiger partial charge is 0.303 e. The van der Waals surface area contributed by atoms with E-state index in [-0.39, 0.29) is 32.5 Å². The Balaban J connectivity index is 1.86. The molecule has 0 radical (unpaired) electrons. The highest BCUT2D eigenvalue weighted by Gasteiger charge is 2.48. The van der Waals surface area contributed by atoms with Crippen LogP contribution >= 0.6 is 0 Å². The molecule has 0 amide bonds. The predicted molar refractivity (Wildman–Crippen MR) is 118 cm³/mol. The largest absolute Gasteiger partial charge is 0.481 e. The molecule has 0 unspecified atom stereocenters. The molecule has 33 heavy (non-hydrogen) atoms. The van der Waals surface area contributed by atoms with Crippen LogP contribution in [0.15, 0.2) is 60.7 Å². The Labute approximate surface area is 193 Å². The van der Waals surface area contributed by atoms with Gasteiger partial charge < -0.3 is 29.2 Å². The number of benzene rings is 2. The van der Waals surface area contributed by atoms with Crippen LogP contribution in [0.2, 0.25) is 0 Å². The number of hydrogen-bond donors (Lipinski definition) is 2. The second kappa shape index (κ2) is 12.5. The third-order valence-electron chi connectivity index (χ3n) is 5.66. The number of carboxylic acid groups (broad SMARTS) is 2. The molecule has 0 saturated carbocycles. The quantitative estimate of drug-likeness (QED) is 0.497. The number of rotatable bonds is 12. The average molecular weight is 459 g/mol. The monoisotopic (exact) mass is 458 g/mol. The molecule has 5 atom stereocenters. The van der Waals surface area contributed by atoms with Gasteiger partial charge in [0.15, 0.2) is 6.29 Å². The van der Waals surface area contributed by atoms with Crippen LogP contribution in [-0.2, 0) is 41.8 Å². The van der Waals surface area contributed by atoms with Crippen molar-refractivity contribution in [3.8, 4) is 0 Å². The average Bonchev–Trinajstić information content (AvgIpc) is 2.82. The van der Waals surface area contributed by atoms with Crippen molar-refractivity contribution in [1.82, 2.24) is 0 Å². The molecule has 2 N–H and O–H groups in total. The van der Waals surface area contributed by atoms with Crippen LogP contribution in [-0.4, -0.2) is 53.9 Å². The van der Waals surface area contributed by atoms with Crippen molar-refractivity contribution in [2.45, 2.75) is 57.1 Å². The zero-order valence-electron chi connectivity index (χ0n) is 18.5. The first kappa shape index (κ1) is 24.9. The first-order valence-electron chi connectivity index (χ1n) is 10.9. The van der Waals surface area contributed by atoms with Crippen molar-refractivity contribution in [3.63, 3.8) is 0 Å². The van der Waals surface area contributed by atoms with Gasteiger partial charge in [-0.15, -0.1) is 0 Å². The third kappa shape index (κ3) is 7.36. The molecule has 2 aromatic carbocycles. The minimum absolute atomic E-state index is 0.143. The highest BCUT2D eigenvalue weighted by Crippen LogP contribution is 2.36. The maximum atomic E-state index is 11.7. The Morgan fingerprint density at radius 1 is 0.848 bits per heavy atom. The van der Waals surface area contributed by atoms with E-state index in [4.69, 9.17) is 24.1 Å². The number of carbonyl (C=O) groups is 2. The lowest BCUT2D eigenvalue weighted by atomic mass is 9.84. The van der Waals surface area contributed by atoms with E-state index < -0.39 is 42.5 Å². The SMILES string of the molecule is CO[C@@H]1O[C@H](CCC(=O)O)[C@H](CC(=O)O)[C@H](OCc2ccccc2)[C@H]1OCc1ccccc1. The van der Waals surface area contributed by atoms with E-state index in [0.717, 1.165) is 11.1 Å². The molecule has 8 heteroatoms. The number of methoxy groups -OCH3 is 1. The van der Waals surface area contributed by atoms with Crippen molar-refractivity contribution < 1.29 is 38.7 Å². The molecule has 0 aromatic heterocycles. The number of ether oxygens (including phenoxy) is 4. The predicted octanol–water partition coefficient (Wildman–Crippen LogP) is 3.48. The van der Waals surface area contributed by atoms with Gasteiger partial charge >= 0.3 is 11.9 Å². The molecular formula is C25H30O8. The van der Waals surface area contributed by atoms with E-state index in [0.29, 0.717) is 0 Å². The lowest BCUT2D eigenvalue weighted by Gasteiger charge is -2.45. The summed E-state index contributed by atoms with van der Waals surface area (Å²) in [6.45, 7) is 0.508. The molecular weight excluding hydrogens is 428 g/mol. The van der Waals surface area contributed by atoms with Gasteiger partial charge in [0.2, 0.25) is 0 Å². The Morgan fingerprint density at radius 3 is 1.88 bits per heavy atom. The first-order chi connectivity index (χ1) is 16.0. The van der Waals surface area contributed by atoms with Gasteiger partial charge in [0.05, 0.1) is 31.8 Å². The molecule has 1 aliphatic rings. The normalized spacial score (nSPS) is 24.9. The second-order valence-corrected chi connectivity index (χ2v) is 8.00. The van der Waals surface area contributed by atoms with E-state index in [1.54, 1.807) is 0 Å². The minimum Gasteiger partial charge on any atom is -0.481 e. The van der Waals surface area contributed by atoms with Crippen LogP contribution in [0.1, 0.15) is 30.4 Å². The summed E-state index contributed by atoms with van der Waals surface area (Å²) in [6.07, 6.45) is -3.14. The van der Waals surface area contributed by atoms with Crippen LogP contribution < -0.4 is 0 Å². The second-order valence-electron chi connectivity index (χ2n) is 8.00. The van der Waals surface area contributed by atoms with E-state index in [1.807, 2.05) is 60.7 Å². The standard InChI is InChI=1S/C25H30O8/c1-30-25-24(32-16-18-10-6-3-7-11-18)23(31-15-17-8-4-2-5-9-17)19(14-22(28)29)20(33-25)12-13-21(26)27/h2-11,19-20,23-25H,12-16H2,1H3,(H,26,27)(H,28,29)/t19-,20+,23-,24+,25+/m0/s1. The van der Waals surface area contributed by atoms with E-state index in [9.17, 15) is 14.7 Å². The minimum atomic E-state index is -1.02. The van der Waals surface area contributed by atoms with Crippen LogP contribution in [0, 0.1) is 5.92 Å². The fourth-order valence-corrected chi connectivity index (χ4v) is 4.07. The number of hydrogen-bond acceptors (Lipinski definition) is 6. The lowest BCUT2D eigenvalue weighted by molar-refractivity contribution is -0.301. The maximum absolute atomic E-state index is 11.7. The summed E-state index contributed by atoms with van der Waals surface area (Å²) in [5, 5.41) is 18.7. The van der Waals surface area contributed by atoms with Gasteiger partial charge in [0, 0.05) is 19.4 Å². The molecule has 178 valence electrons. The molecule has 0 spiro atoms. The number of aliphatic carboxylic acids is 2. The molecule has 0 aliphatic carbocycles. The topological polar surface area (TPSA) is 112 Å². The van der Waals surface area contributed by atoms with Gasteiger partial charge in [0.1, 0.15) is 6.10 Å². The van der Waals surface area contributed by atoms with Crippen LogP contribution in [0.3, 0.4) is 0 Å². The Morgan fingerprint density at radius 2 is 1.39 bits per heavy atom.